The van der Waals surface area contributed by atoms with Gasteiger partial charge in [0, 0.05) is 32.9 Å². The summed E-state index contributed by atoms with van der Waals surface area (Å²) in [7, 11) is 3.93. The van der Waals surface area contributed by atoms with E-state index in [2.05, 4.69) is 10.5 Å². The lowest BCUT2D eigenvalue weighted by Crippen LogP contribution is -2.39. The monoisotopic (exact) mass is 288 g/mol. The number of nitrogens with zero attached hydrogens (tertiary/aromatic N) is 3. The number of hydrogen-bond donors (Lipinski definition) is 1. The van der Waals surface area contributed by atoms with Crippen LogP contribution in [-0.4, -0.2) is 50.1 Å². The highest BCUT2D eigenvalue weighted by Crippen LogP contribution is 2.11. The van der Waals surface area contributed by atoms with Crippen LogP contribution in [0.2, 0.25) is 0 Å². The highest BCUT2D eigenvalue weighted by molar-refractivity contribution is 6.35. The van der Waals surface area contributed by atoms with E-state index in [9.17, 15) is 9.59 Å². The summed E-state index contributed by atoms with van der Waals surface area (Å²) in [4.78, 5) is 26.9. The van der Waals surface area contributed by atoms with E-state index in [0.717, 1.165) is 24.1 Å². The van der Waals surface area contributed by atoms with Gasteiger partial charge in [-0.25, -0.2) is 5.43 Å². The standard InChI is InChI=1S/C15H20N4O2/c1-18(2)13-7-5-12(6-8-13)11-16-17-14(20)15(21)19-9-3-4-10-19/h5-8,11H,3-4,9-10H2,1-2H3,(H,17,20)/b16-11-. The molecule has 1 aliphatic rings. The van der Waals surface area contributed by atoms with Crippen LogP contribution in [0.5, 0.6) is 0 Å². The Morgan fingerprint density at radius 2 is 1.81 bits per heavy atom. The molecule has 6 heteroatoms. The fourth-order valence-corrected chi connectivity index (χ4v) is 2.14. The Kier molecular flexibility index (Phi) is 4.92. The van der Waals surface area contributed by atoms with Crippen molar-refractivity contribution in [3.8, 4) is 0 Å². The zero-order valence-corrected chi connectivity index (χ0v) is 12.4. The van der Waals surface area contributed by atoms with E-state index in [1.807, 2.05) is 43.3 Å². The number of rotatable bonds is 3. The highest BCUT2D eigenvalue weighted by atomic mass is 16.2. The highest BCUT2D eigenvalue weighted by Gasteiger charge is 2.23. The fraction of sp³-hybridized carbons (Fsp3) is 0.400. The summed E-state index contributed by atoms with van der Waals surface area (Å²) in [5, 5.41) is 3.82. The zero-order chi connectivity index (χ0) is 15.2. The summed E-state index contributed by atoms with van der Waals surface area (Å²) in [5.74, 6) is -1.19. The summed E-state index contributed by atoms with van der Waals surface area (Å²) in [6.07, 6.45) is 3.44. The molecule has 1 aromatic rings. The average molecular weight is 288 g/mol. The molecule has 21 heavy (non-hydrogen) atoms. The molecule has 0 spiro atoms. The topological polar surface area (TPSA) is 65.0 Å². The molecule has 0 atom stereocenters. The molecule has 0 saturated carbocycles. The maximum atomic E-state index is 11.7. The Bertz CT molecular complexity index is 531. The third kappa shape index (κ3) is 4.05. The summed E-state index contributed by atoms with van der Waals surface area (Å²) in [6.45, 7) is 1.31. The van der Waals surface area contributed by atoms with Crippen molar-refractivity contribution in [2.45, 2.75) is 12.8 Å². The minimum atomic E-state index is -0.682. The number of hydrazone groups is 1. The molecule has 1 aromatic carbocycles. The molecule has 1 heterocycles. The molecule has 1 saturated heterocycles. The van der Waals surface area contributed by atoms with Crippen molar-refractivity contribution < 1.29 is 9.59 Å². The second kappa shape index (κ2) is 6.88. The van der Waals surface area contributed by atoms with Crippen LogP contribution in [0.4, 0.5) is 5.69 Å². The lowest BCUT2D eigenvalue weighted by Gasteiger charge is -2.13. The van der Waals surface area contributed by atoms with Crippen LogP contribution in [0.1, 0.15) is 18.4 Å². The second-order valence-corrected chi connectivity index (χ2v) is 5.18. The van der Waals surface area contributed by atoms with E-state index in [-0.39, 0.29) is 0 Å². The smallest absolute Gasteiger partial charge is 0.329 e. The minimum absolute atomic E-state index is 0.507. The van der Waals surface area contributed by atoms with Crippen LogP contribution in [0.3, 0.4) is 0 Å². The van der Waals surface area contributed by atoms with E-state index in [1.54, 1.807) is 4.90 Å². The first-order valence-corrected chi connectivity index (χ1v) is 6.97. The van der Waals surface area contributed by atoms with E-state index >= 15 is 0 Å². The molecule has 0 aromatic heterocycles. The van der Waals surface area contributed by atoms with Gasteiger partial charge >= 0.3 is 11.8 Å². The number of benzene rings is 1. The van der Waals surface area contributed by atoms with Crippen LogP contribution in [0.15, 0.2) is 29.4 Å². The molecule has 6 nitrogen and oxygen atoms in total. The zero-order valence-electron chi connectivity index (χ0n) is 12.4. The van der Waals surface area contributed by atoms with E-state index in [1.165, 1.54) is 6.21 Å². The number of amides is 2. The number of nitrogens with one attached hydrogen (secondary N) is 1. The van der Waals surface area contributed by atoms with E-state index in [4.69, 9.17) is 0 Å². The van der Waals surface area contributed by atoms with Gasteiger partial charge in [-0.1, -0.05) is 12.1 Å². The van der Waals surface area contributed by atoms with Crippen LogP contribution < -0.4 is 10.3 Å². The Balaban J connectivity index is 1.86. The molecule has 1 fully saturated rings. The second-order valence-electron chi connectivity index (χ2n) is 5.18. The van der Waals surface area contributed by atoms with E-state index < -0.39 is 11.8 Å². The molecule has 1 aliphatic heterocycles. The predicted octanol–water partition coefficient (Wildman–Crippen LogP) is 0.825. The molecule has 2 amide bonds. The van der Waals surface area contributed by atoms with Gasteiger partial charge in [0.25, 0.3) is 0 Å². The first-order chi connectivity index (χ1) is 10.1. The Hall–Kier alpha value is -2.37. The minimum Gasteiger partial charge on any atom is -0.378 e. The van der Waals surface area contributed by atoms with Crippen molar-refractivity contribution in [2.24, 2.45) is 5.10 Å². The fourth-order valence-electron chi connectivity index (χ4n) is 2.14. The largest absolute Gasteiger partial charge is 0.378 e. The normalized spacial score (nSPS) is 14.5. The Morgan fingerprint density at radius 3 is 2.38 bits per heavy atom. The Labute approximate surface area is 124 Å². The molecule has 0 bridgehead atoms. The van der Waals surface area contributed by atoms with Crippen LogP contribution in [0, 0.1) is 0 Å². The van der Waals surface area contributed by atoms with Crippen molar-refractivity contribution >= 4 is 23.7 Å². The van der Waals surface area contributed by atoms with Gasteiger partial charge in [0.2, 0.25) is 0 Å². The van der Waals surface area contributed by atoms with Crippen molar-refractivity contribution in [1.82, 2.24) is 10.3 Å². The maximum Gasteiger partial charge on any atom is 0.329 e. The summed E-state index contributed by atoms with van der Waals surface area (Å²) in [5.41, 5.74) is 4.21. The summed E-state index contributed by atoms with van der Waals surface area (Å²) >= 11 is 0. The van der Waals surface area contributed by atoms with E-state index in [0.29, 0.717) is 13.1 Å². The molecule has 0 unspecified atom stereocenters. The molecule has 0 aliphatic carbocycles. The van der Waals surface area contributed by atoms with Gasteiger partial charge in [0.1, 0.15) is 0 Å². The van der Waals surface area contributed by atoms with Gasteiger partial charge in [-0.15, -0.1) is 0 Å². The molecule has 2 rings (SSSR count). The lowest BCUT2D eigenvalue weighted by atomic mass is 10.2. The predicted molar refractivity (Wildman–Crippen MR) is 82.3 cm³/mol. The lowest BCUT2D eigenvalue weighted by molar-refractivity contribution is -0.145. The molecule has 1 N–H and O–H groups in total. The van der Waals surface area contributed by atoms with Gasteiger partial charge < -0.3 is 9.80 Å². The van der Waals surface area contributed by atoms with Gasteiger partial charge in [-0.2, -0.15) is 5.10 Å². The molecule has 0 radical (unpaired) electrons. The number of anilines is 1. The number of likely N-dealkylation sites (tertiary alicyclic amines) is 1. The van der Waals surface area contributed by atoms with Gasteiger partial charge in [-0.3, -0.25) is 9.59 Å². The third-order valence-corrected chi connectivity index (χ3v) is 3.38. The van der Waals surface area contributed by atoms with Crippen LogP contribution in [-0.2, 0) is 9.59 Å². The van der Waals surface area contributed by atoms with Crippen molar-refractivity contribution in [3.63, 3.8) is 0 Å². The van der Waals surface area contributed by atoms with Crippen LogP contribution in [0.25, 0.3) is 0 Å². The number of carbonyl (C=O) groups excluding carboxylic acids is 2. The first-order valence-electron chi connectivity index (χ1n) is 6.97. The number of hydrogen-bond acceptors (Lipinski definition) is 4. The maximum absolute atomic E-state index is 11.7. The SMILES string of the molecule is CN(C)c1ccc(/C=N\NC(=O)C(=O)N2CCCC2)cc1. The Morgan fingerprint density at radius 1 is 1.19 bits per heavy atom. The summed E-state index contributed by atoms with van der Waals surface area (Å²) in [6, 6.07) is 7.71. The average Bonchev–Trinajstić information content (AvgIpc) is 3.01. The molecule has 112 valence electrons. The van der Waals surface area contributed by atoms with Crippen LogP contribution >= 0.6 is 0 Å². The molecular weight excluding hydrogens is 268 g/mol. The third-order valence-electron chi connectivity index (χ3n) is 3.38. The first kappa shape index (κ1) is 15.0. The number of carbonyl (C=O) groups is 2. The molecular formula is C15H20N4O2. The van der Waals surface area contributed by atoms with Gasteiger partial charge in [0.15, 0.2) is 0 Å². The van der Waals surface area contributed by atoms with Gasteiger partial charge in [-0.05, 0) is 30.5 Å². The summed E-state index contributed by atoms with van der Waals surface area (Å²) < 4.78 is 0. The van der Waals surface area contributed by atoms with Crippen molar-refractivity contribution in [2.75, 3.05) is 32.1 Å². The quantitative estimate of drug-likeness (QED) is 0.509. The van der Waals surface area contributed by atoms with Gasteiger partial charge in [0.05, 0.1) is 6.21 Å². The van der Waals surface area contributed by atoms with Crippen molar-refractivity contribution in [3.05, 3.63) is 29.8 Å². The van der Waals surface area contributed by atoms with Crippen molar-refractivity contribution in [1.29, 1.82) is 0 Å².